The van der Waals surface area contributed by atoms with Gasteiger partial charge in [0.1, 0.15) is 5.82 Å². The van der Waals surface area contributed by atoms with E-state index in [4.69, 9.17) is 5.73 Å². The summed E-state index contributed by atoms with van der Waals surface area (Å²) in [6.07, 6.45) is -2.63. The smallest absolute Gasteiger partial charge is 0.265 e. The fourth-order valence-corrected chi connectivity index (χ4v) is 1.56. The van der Waals surface area contributed by atoms with Crippen LogP contribution in [0, 0.1) is 5.82 Å². The maximum absolute atomic E-state index is 12.8. The number of hydrogen-bond acceptors (Lipinski definition) is 2. The van der Waals surface area contributed by atoms with Crippen molar-refractivity contribution in [3.8, 4) is 0 Å². The molecule has 0 spiro atoms. The van der Waals surface area contributed by atoms with Gasteiger partial charge in [0.15, 0.2) is 0 Å². The third-order valence-electron chi connectivity index (χ3n) is 2.43. The minimum atomic E-state index is -2.63. The summed E-state index contributed by atoms with van der Waals surface area (Å²) < 4.78 is 38.4. The number of halogens is 3. The SMILES string of the molecule is Nc1ccc(Nc2ccc(F)cc2)c(C(F)F)c1. The van der Waals surface area contributed by atoms with Crippen LogP contribution in [0.2, 0.25) is 0 Å². The molecule has 18 heavy (non-hydrogen) atoms. The molecule has 0 unspecified atom stereocenters. The second kappa shape index (κ2) is 5.00. The highest BCUT2D eigenvalue weighted by Gasteiger charge is 2.13. The fourth-order valence-electron chi connectivity index (χ4n) is 1.56. The Morgan fingerprint density at radius 2 is 1.67 bits per heavy atom. The number of anilines is 3. The Labute approximate surface area is 102 Å². The van der Waals surface area contributed by atoms with Gasteiger partial charge in [-0.05, 0) is 42.5 Å². The molecule has 0 aromatic heterocycles. The van der Waals surface area contributed by atoms with Gasteiger partial charge < -0.3 is 11.1 Å². The molecule has 2 nitrogen and oxygen atoms in total. The molecule has 2 rings (SSSR count). The topological polar surface area (TPSA) is 38.0 Å². The number of nitrogen functional groups attached to an aromatic ring is 1. The maximum Gasteiger partial charge on any atom is 0.265 e. The molecule has 0 saturated heterocycles. The van der Waals surface area contributed by atoms with E-state index in [2.05, 4.69) is 5.32 Å². The predicted octanol–water partition coefficient (Wildman–Crippen LogP) is 4.09. The van der Waals surface area contributed by atoms with Crippen molar-refractivity contribution in [2.45, 2.75) is 6.43 Å². The molecule has 3 N–H and O–H groups in total. The number of benzene rings is 2. The van der Waals surface area contributed by atoms with Crippen LogP contribution in [0.3, 0.4) is 0 Å². The van der Waals surface area contributed by atoms with Gasteiger partial charge in [0.25, 0.3) is 6.43 Å². The van der Waals surface area contributed by atoms with E-state index >= 15 is 0 Å². The van der Waals surface area contributed by atoms with E-state index < -0.39 is 6.43 Å². The third kappa shape index (κ3) is 2.74. The molecule has 5 heteroatoms. The number of nitrogens with two attached hydrogens (primary N) is 1. The first-order valence-electron chi connectivity index (χ1n) is 5.26. The van der Waals surface area contributed by atoms with Crippen LogP contribution in [0.1, 0.15) is 12.0 Å². The molecule has 2 aromatic rings. The second-order valence-electron chi connectivity index (χ2n) is 3.78. The van der Waals surface area contributed by atoms with Crippen molar-refractivity contribution in [1.82, 2.24) is 0 Å². The van der Waals surface area contributed by atoms with E-state index in [0.29, 0.717) is 5.69 Å². The third-order valence-corrected chi connectivity index (χ3v) is 2.43. The summed E-state index contributed by atoms with van der Waals surface area (Å²) in [7, 11) is 0. The van der Waals surface area contributed by atoms with Crippen LogP contribution >= 0.6 is 0 Å². The van der Waals surface area contributed by atoms with Crippen molar-refractivity contribution in [2.24, 2.45) is 0 Å². The lowest BCUT2D eigenvalue weighted by Gasteiger charge is -2.12. The van der Waals surface area contributed by atoms with Crippen molar-refractivity contribution in [3.05, 3.63) is 53.8 Å². The standard InChI is InChI=1S/C13H11F3N2/c14-8-1-4-10(5-2-8)18-12-6-3-9(17)7-11(12)13(15)16/h1-7,13,18H,17H2. The molecule has 0 amide bonds. The van der Waals surface area contributed by atoms with Crippen LogP contribution in [-0.2, 0) is 0 Å². The van der Waals surface area contributed by atoms with Gasteiger partial charge in [-0.1, -0.05) is 0 Å². The first-order chi connectivity index (χ1) is 8.56. The zero-order valence-corrected chi connectivity index (χ0v) is 9.33. The lowest BCUT2D eigenvalue weighted by molar-refractivity contribution is 0.152. The Morgan fingerprint density at radius 3 is 2.28 bits per heavy atom. The molecule has 0 atom stereocenters. The lowest BCUT2D eigenvalue weighted by atomic mass is 10.1. The summed E-state index contributed by atoms with van der Waals surface area (Å²) in [6, 6.07) is 9.67. The first kappa shape index (κ1) is 12.3. The summed E-state index contributed by atoms with van der Waals surface area (Å²) in [5.74, 6) is -0.382. The van der Waals surface area contributed by atoms with Crippen molar-refractivity contribution >= 4 is 17.1 Å². The Morgan fingerprint density at radius 1 is 1.00 bits per heavy atom. The Bertz CT molecular complexity index is 538. The fraction of sp³-hybridized carbons (Fsp3) is 0.0769. The summed E-state index contributed by atoms with van der Waals surface area (Å²) in [5, 5.41) is 2.81. The number of rotatable bonds is 3. The summed E-state index contributed by atoms with van der Waals surface area (Å²) >= 11 is 0. The zero-order valence-electron chi connectivity index (χ0n) is 9.33. The molecule has 2 aromatic carbocycles. The molecule has 0 fully saturated rings. The number of alkyl halides is 2. The lowest BCUT2D eigenvalue weighted by Crippen LogP contribution is -1.98. The molecular weight excluding hydrogens is 241 g/mol. The van der Waals surface area contributed by atoms with Crippen LogP contribution < -0.4 is 11.1 Å². The quantitative estimate of drug-likeness (QED) is 0.807. The zero-order chi connectivity index (χ0) is 13.1. The molecule has 0 bridgehead atoms. The van der Waals surface area contributed by atoms with Gasteiger partial charge in [0, 0.05) is 22.6 Å². The van der Waals surface area contributed by atoms with Crippen LogP contribution in [0.15, 0.2) is 42.5 Å². The van der Waals surface area contributed by atoms with Crippen LogP contribution in [-0.4, -0.2) is 0 Å². The maximum atomic E-state index is 12.8. The highest BCUT2D eigenvalue weighted by atomic mass is 19.3. The van der Waals surface area contributed by atoms with Crippen LogP contribution in [0.5, 0.6) is 0 Å². The molecule has 0 saturated carbocycles. The Balaban J connectivity index is 2.31. The Hall–Kier alpha value is -2.17. The summed E-state index contributed by atoms with van der Waals surface area (Å²) in [4.78, 5) is 0. The van der Waals surface area contributed by atoms with Gasteiger partial charge in [-0.15, -0.1) is 0 Å². The molecule has 0 radical (unpaired) electrons. The Kier molecular flexibility index (Phi) is 3.41. The minimum Gasteiger partial charge on any atom is -0.399 e. The normalized spacial score (nSPS) is 10.7. The van der Waals surface area contributed by atoms with Crippen molar-refractivity contribution in [2.75, 3.05) is 11.1 Å². The average Bonchev–Trinajstić information content (AvgIpc) is 2.34. The van der Waals surface area contributed by atoms with Gasteiger partial charge in [0.05, 0.1) is 0 Å². The van der Waals surface area contributed by atoms with E-state index in [-0.39, 0.29) is 22.8 Å². The van der Waals surface area contributed by atoms with E-state index in [1.165, 1.54) is 42.5 Å². The largest absolute Gasteiger partial charge is 0.399 e. The van der Waals surface area contributed by atoms with Gasteiger partial charge in [-0.2, -0.15) is 0 Å². The molecule has 0 aliphatic carbocycles. The highest BCUT2D eigenvalue weighted by Crippen LogP contribution is 2.31. The average molecular weight is 252 g/mol. The van der Waals surface area contributed by atoms with Crippen molar-refractivity contribution < 1.29 is 13.2 Å². The number of hydrogen-bond donors (Lipinski definition) is 2. The summed E-state index contributed by atoms with van der Waals surface area (Å²) in [5.41, 5.74) is 6.35. The highest BCUT2D eigenvalue weighted by molar-refractivity contribution is 5.66. The van der Waals surface area contributed by atoms with Crippen molar-refractivity contribution in [1.29, 1.82) is 0 Å². The molecule has 0 aliphatic rings. The van der Waals surface area contributed by atoms with Gasteiger partial charge in [-0.25, -0.2) is 13.2 Å². The minimum absolute atomic E-state index is 0.181. The van der Waals surface area contributed by atoms with E-state index in [0.717, 1.165) is 0 Å². The first-order valence-corrected chi connectivity index (χ1v) is 5.26. The van der Waals surface area contributed by atoms with E-state index in [1.807, 2.05) is 0 Å². The van der Waals surface area contributed by atoms with Crippen LogP contribution in [0.25, 0.3) is 0 Å². The van der Waals surface area contributed by atoms with E-state index in [1.54, 1.807) is 0 Å². The second-order valence-corrected chi connectivity index (χ2v) is 3.78. The van der Waals surface area contributed by atoms with Gasteiger partial charge in [-0.3, -0.25) is 0 Å². The van der Waals surface area contributed by atoms with E-state index in [9.17, 15) is 13.2 Å². The molecule has 0 heterocycles. The monoisotopic (exact) mass is 252 g/mol. The number of nitrogens with one attached hydrogen (secondary N) is 1. The predicted molar refractivity (Wildman–Crippen MR) is 65.5 cm³/mol. The van der Waals surface area contributed by atoms with Gasteiger partial charge >= 0.3 is 0 Å². The van der Waals surface area contributed by atoms with Gasteiger partial charge in [0.2, 0.25) is 0 Å². The molecule has 94 valence electrons. The summed E-state index contributed by atoms with van der Waals surface area (Å²) in [6.45, 7) is 0. The van der Waals surface area contributed by atoms with Crippen LogP contribution in [0.4, 0.5) is 30.2 Å². The molecule has 0 aliphatic heterocycles. The molecular formula is C13H11F3N2. The van der Waals surface area contributed by atoms with Crippen molar-refractivity contribution in [3.63, 3.8) is 0 Å².